The first-order chi connectivity index (χ1) is 7.01. The lowest BCUT2D eigenvalue weighted by atomic mass is 9.85. The summed E-state index contributed by atoms with van der Waals surface area (Å²) in [4.78, 5) is 0. The second kappa shape index (κ2) is 8.15. The van der Waals surface area contributed by atoms with E-state index in [9.17, 15) is 0 Å². The average molecular weight is 213 g/mol. The summed E-state index contributed by atoms with van der Waals surface area (Å²) in [6.07, 6.45) is 5.32. The Bertz CT molecular complexity index is 142. The fourth-order valence-electron chi connectivity index (χ4n) is 2.22. The fourth-order valence-corrected chi connectivity index (χ4v) is 2.22. The Balaban J connectivity index is 3.84. The molecule has 92 valence electrons. The van der Waals surface area contributed by atoms with E-state index in [2.05, 4.69) is 47.0 Å². The maximum Gasteiger partial charge on any atom is 0.00665 e. The fraction of sp³-hybridized carbons (Fsp3) is 1.00. The highest BCUT2D eigenvalue weighted by Crippen LogP contribution is 2.23. The highest BCUT2D eigenvalue weighted by Gasteiger charge is 2.15. The Labute approximate surface area is 97.0 Å². The third-order valence-electron chi connectivity index (χ3n) is 3.64. The summed E-state index contributed by atoms with van der Waals surface area (Å²) < 4.78 is 0. The van der Waals surface area contributed by atoms with Crippen molar-refractivity contribution in [3.63, 3.8) is 0 Å². The van der Waals surface area contributed by atoms with Crippen molar-refractivity contribution in [1.29, 1.82) is 0 Å². The van der Waals surface area contributed by atoms with Crippen LogP contribution in [-0.4, -0.2) is 13.1 Å². The van der Waals surface area contributed by atoms with Crippen molar-refractivity contribution in [2.75, 3.05) is 7.05 Å². The van der Waals surface area contributed by atoms with Crippen molar-refractivity contribution in [3.05, 3.63) is 0 Å². The van der Waals surface area contributed by atoms with Crippen molar-refractivity contribution < 1.29 is 0 Å². The van der Waals surface area contributed by atoms with Crippen LogP contribution < -0.4 is 5.32 Å². The van der Waals surface area contributed by atoms with E-state index in [0.717, 1.165) is 23.8 Å². The standard InChI is InChI=1S/C14H31N/c1-7-8-14(15-6)10-12(4)9-13(5)11(2)3/h11-15H,7-10H2,1-6H3. The molecule has 0 saturated carbocycles. The van der Waals surface area contributed by atoms with Crippen LogP contribution in [0.2, 0.25) is 0 Å². The minimum absolute atomic E-state index is 0.726. The third kappa shape index (κ3) is 6.94. The first-order valence-corrected chi connectivity index (χ1v) is 6.68. The molecule has 3 atom stereocenters. The highest BCUT2D eigenvalue weighted by atomic mass is 14.9. The molecule has 0 rings (SSSR count). The zero-order valence-electron chi connectivity index (χ0n) is 11.6. The maximum atomic E-state index is 3.44. The van der Waals surface area contributed by atoms with Crippen LogP contribution in [0.3, 0.4) is 0 Å². The molecule has 0 aromatic carbocycles. The molecule has 0 aliphatic rings. The minimum atomic E-state index is 0.726. The molecule has 1 nitrogen and oxygen atoms in total. The quantitative estimate of drug-likeness (QED) is 0.640. The molecule has 1 N–H and O–H groups in total. The van der Waals surface area contributed by atoms with E-state index >= 15 is 0 Å². The third-order valence-corrected chi connectivity index (χ3v) is 3.64. The summed E-state index contributed by atoms with van der Waals surface area (Å²) in [5, 5.41) is 3.44. The lowest BCUT2D eigenvalue weighted by Crippen LogP contribution is -2.27. The predicted octanol–water partition coefficient (Wildman–Crippen LogP) is 4.08. The van der Waals surface area contributed by atoms with Gasteiger partial charge in [-0.05, 0) is 44.1 Å². The van der Waals surface area contributed by atoms with Crippen molar-refractivity contribution >= 4 is 0 Å². The number of hydrogen-bond donors (Lipinski definition) is 1. The molecule has 3 unspecified atom stereocenters. The van der Waals surface area contributed by atoms with E-state index in [1.165, 1.54) is 25.7 Å². The molecule has 0 heterocycles. The van der Waals surface area contributed by atoms with Crippen LogP contribution in [0.5, 0.6) is 0 Å². The zero-order valence-corrected chi connectivity index (χ0v) is 11.6. The van der Waals surface area contributed by atoms with Gasteiger partial charge in [0.05, 0.1) is 0 Å². The number of rotatable bonds is 8. The van der Waals surface area contributed by atoms with Gasteiger partial charge in [-0.2, -0.15) is 0 Å². The topological polar surface area (TPSA) is 12.0 Å². The molecule has 1 heteroatoms. The monoisotopic (exact) mass is 213 g/mol. The van der Waals surface area contributed by atoms with E-state index in [0.29, 0.717) is 0 Å². The summed E-state index contributed by atoms with van der Waals surface area (Å²) in [5.74, 6) is 2.54. The van der Waals surface area contributed by atoms with Crippen LogP contribution in [0, 0.1) is 17.8 Å². The van der Waals surface area contributed by atoms with Crippen LogP contribution in [-0.2, 0) is 0 Å². The molecule has 0 spiro atoms. The van der Waals surface area contributed by atoms with Gasteiger partial charge in [0.25, 0.3) is 0 Å². The van der Waals surface area contributed by atoms with Crippen molar-refractivity contribution in [1.82, 2.24) is 5.32 Å². The van der Waals surface area contributed by atoms with E-state index in [1.807, 2.05) is 0 Å². The zero-order chi connectivity index (χ0) is 11.8. The SMILES string of the molecule is CCCC(CC(C)CC(C)C(C)C)NC. The van der Waals surface area contributed by atoms with E-state index in [-0.39, 0.29) is 0 Å². The molecule has 0 aromatic heterocycles. The summed E-state index contributed by atoms with van der Waals surface area (Å²) >= 11 is 0. The van der Waals surface area contributed by atoms with Gasteiger partial charge in [0.15, 0.2) is 0 Å². The summed E-state index contributed by atoms with van der Waals surface area (Å²) in [6.45, 7) is 11.7. The molecule has 15 heavy (non-hydrogen) atoms. The largest absolute Gasteiger partial charge is 0.317 e. The Morgan fingerprint density at radius 2 is 1.60 bits per heavy atom. The number of hydrogen-bond acceptors (Lipinski definition) is 1. The minimum Gasteiger partial charge on any atom is -0.317 e. The van der Waals surface area contributed by atoms with Crippen LogP contribution in [0.4, 0.5) is 0 Å². The van der Waals surface area contributed by atoms with Gasteiger partial charge in [0.2, 0.25) is 0 Å². The van der Waals surface area contributed by atoms with Gasteiger partial charge in [0.1, 0.15) is 0 Å². The molecule has 0 aliphatic heterocycles. The molecule has 0 aliphatic carbocycles. The summed E-state index contributed by atoms with van der Waals surface area (Å²) in [5.41, 5.74) is 0. The summed E-state index contributed by atoms with van der Waals surface area (Å²) in [6, 6.07) is 0.726. The highest BCUT2D eigenvalue weighted by molar-refractivity contribution is 4.70. The first kappa shape index (κ1) is 15.0. The van der Waals surface area contributed by atoms with Crippen LogP contribution in [0.1, 0.15) is 60.3 Å². The van der Waals surface area contributed by atoms with Crippen LogP contribution >= 0.6 is 0 Å². The van der Waals surface area contributed by atoms with Crippen LogP contribution in [0.15, 0.2) is 0 Å². The molecular formula is C14H31N. The van der Waals surface area contributed by atoms with Gasteiger partial charge in [-0.25, -0.2) is 0 Å². The first-order valence-electron chi connectivity index (χ1n) is 6.68. The number of nitrogens with one attached hydrogen (secondary N) is 1. The van der Waals surface area contributed by atoms with Gasteiger partial charge >= 0.3 is 0 Å². The lowest BCUT2D eigenvalue weighted by Gasteiger charge is -2.24. The maximum absolute atomic E-state index is 3.44. The second-order valence-corrected chi connectivity index (χ2v) is 5.57. The molecule has 0 fully saturated rings. The smallest absolute Gasteiger partial charge is 0.00665 e. The van der Waals surface area contributed by atoms with E-state index in [4.69, 9.17) is 0 Å². The lowest BCUT2D eigenvalue weighted by molar-refractivity contribution is 0.296. The van der Waals surface area contributed by atoms with Crippen molar-refractivity contribution in [2.24, 2.45) is 17.8 Å². The van der Waals surface area contributed by atoms with Gasteiger partial charge in [0, 0.05) is 6.04 Å². The Morgan fingerprint density at radius 1 is 1.00 bits per heavy atom. The molecule has 0 radical (unpaired) electrons. The normalized spacial score (nSPS) is 17.8. The predicted molar refractivity (Wildman–Crippen MR) is 70.2 cm³/mol. The molecule has 0 saturated heterocycles. The van der Waals surface area contributed by atoms with Gasteiger partial charge in [-0.1, -0.05) is 41.0 Å². The van der Waals surface area contributed by atoms with Gasteiger partial charge in [-0.15, -0.1) is 0 Å². The van der Waals surface area contributed by atoms with Crippen molar-refractivity contribution in [3.8, 4) is 0 Å². The van der Waals surface area contributed by atoms with E-state index < -0.39 is 0 Å². The summed E-state index contributed by atoms with van der Waals surface area (Å²) in [7, 11) is 2.10. The molecular weight excluding hydrogens is 182 g/mol. The Morgan fingerprint density at radius 3 is 2.00 bits per heavy atom. The van der Waals surface area contributed by atoms with Gasteiger partial charge in [-0.3, -0.25) is 0 Å². The Hall–Kier alpha value is -0.0400. The second-order valence-electron chi connectivity index (χ2n) is 5.57. The van der Waals surface area contributed by atoms with Crippen LogP contribution in [0.25, 0.3) is 0 Å². The molecule has 0 bridgehead atoms. The average Bonchev–Trinajstić information content (AvgIpc) is 2.16. The van der Waals surface area contributed by atoms with E-state index in [1.54, 1.807) is 0 Å². The van der Waals surface area contributed by atoms with Gasteiger partial charge < -0.3 is 5.32 Å². The van der Waals surface area contributed by atoms with Crippen molar-refractivity contribution in [2.45, 2.75) is 66.3 Å². The Kier molecular flexibility index (Phi) is 8.13. The molecule has 0 amide bonds. The molecule has 0 aromatic rings.